The number of hydrogen-bond donors (Lipinski definition) is 6. The highest BCUT2D eigenvalue weighted by molar-refractivity contribution is 6.16. The molecule has 9 nitrogen and oxygen atoms in total. The summed E-state index contributed by atoms with van der Waals surface area (Å²) in [6, 6.07) is 5.91. The number of aromatic hydroxyl groups is 2. The molecule has 1 aliphatic carbocycles. The number of hydrogen-bond acceptors (Lipinski definition) is 9. The summed E-state index contributed by atoms with van der Waals surface area (Å²) in [6.45, 7) is 1.12. The van der Waals surface area contributed by atoms with Crippen LogP contribution in [0, 0.1) is 6.92 Å². The van der Waals surface area contributed by atoms with Gasteiger partial charge in [0.1, 0.15) is 30.2 Å². The number of aryl methyl sites for hydroxylation is 1. The van der Waals surface area contributed by atoms with E-state index in [0.29, 0.717) is 16.7 Å². The third-order valence-electron chi connectivity index (χ3n) is 6.05. The smallest absolute Gasteiger partial charge is 0.201 e. The molecule has 2 aliphatic rings. The molecular formula is C22H24O9. The summed E-state index contributed by atoms with van der Waals surface area (Å²) in [5.74, 6) is -2.11. The molecule has 0 saturated carbocycles. The normalized spacial score (nSPS) is 29.9. The van der Waals surface area contributed by atoms with Crippen molar-refractivity contribution in [3.05, 3.63) is 52.1 Å². The van der Waals surface area contributed by atoms with E-state index < -0.39 is 48.8 Å². The number of carbonyl (C=O) groups is 1. The molecule has 1 heterocycles. The Labute approximate surface area is 177 Å². The van der Waals surface area contributed by atoms with Crippen molar-refractivity contribution in [2.24, 2.45) is 0 Å². The van der Waals surface area contributed by atoms with E-state index in [-0.39, 0.29) is 28.4 Å². The molecular weight excluding hydrogens is 408 g/mol. The van der Waals surface area contributed by atoms with E-state index in [9.17, 15) is 35.4 Å². The molecule has 0 spiro atoms. The van der Waals surface area contributed by atoms with Crippen LogP contribution in [0.15, 0.2) is 24.3 Å². The molecule has 1 fully saturated rings. The first-order chi connectivity index (χ1) is 14.7. The lowest BCUT2D eigenvalue weighted by Gasteiger charge is -2.45. The standard InChI is InChI=1S/C22H24O9/c1-8-5-10-14(22-20(29)19(28)17(26)13(7-23)31-22)9-3-4-11(24)21(30-2)16(9)18(27)15(10)12(25)6-8/h3-6,13-14,17,19-20,22-26,28-29H,7H2,1-2H3. The molecule has 0 bridgehead atoms. The van der Waals surface area contributed by atoms with Gasteiger partial charge >= 0.3 is 0 Å². The van der Waals surface area contributed by atoms with Gasteiger partial charge < -0.3 is 40.1 Å². The number of rotatable bonds is 3. The molecule has 6 atom stereocenters. The highest BCUT2D eigenvalue weighted by Gasteiger charge is 2.50. The van der Waals surface area contributed by atoms with Crippen LogP contribution in [0.2, 0.25) is 0 Å². The lowest BCUT2D eigenvalue weighted by Crippen LogP contribution is -2.60. The number of phenols is 2. The molecule has 31 heavy (non-hydrogen) atoms. The number of aliphatic hydroxyl groups is 4. The van der Waals surface area contributed by atoms with E-state index in [1.54, 1.807) is 13.0 Å². The van der Waals surface area contributed by atoms with Crippen molar-refractivity contribution < 1.29 is 44.9 Å². The SMILES string of the molecule is COc1c(O)ccc2c1C(=O)c1c(O)cc(C)cc1C2C1OC(CO)C(O)C(O)C1O. The quantitative estimate of drug-likeness (QED) is 0.391. The topological polar surface area (TPSA) is 157 Å². The summed E-state index contributed by atoms with van der Waals surface area (Å²) < 4.78 is 11.0. The maximum absolute atomic E-state index is 13.3. The molecule has 166 valence electrons. The fraction of sp³-hybridized carbons (Fsp3) is 0.409. The molecule has 1 aliphatic heterocycles. The zero-order chi connectivity index (χ0) is 22.6. The van der Waals surface area contributed by atoms with Gasteiger partial charge in [-0.05, 0) is 35.7 Å². The highest BCUT2D eigenvalue weighted by atomic mass is 16.5. The average Bonchev–Trinajstić information content (AvgIpc) is 2.73. The van der Waals surface area contributed by atoms with Crippen molar-refractivity contribution in [3.8, 4) is 17.2 Å². The van der Waals surface area contributed by atoms with Gasteiger partial charge in [-0.1, -0.05) is 12.1 Å². The van der Waals surface area contributed by atoms with E-state index in [4.69, 9.17) is 9.47 Å². The number of fused-ring (bicyclic) bond motifs is 2. The van der Waals surface area contributed by atoms with Crippen molar-refractivity contribution in [2.45, 2.75) is 43.4 Å². The van der Waals surface area contributed by atoms with Crippen LogP contribution in [-0.4, -0.2) is 80.7 Å². The van der Waals surface area contributed by atoms with E-state index in [0.717, 1.165) is 0 Å². The van der Waals surface area contributed by atoms with Gasteiger partial charge in [0.15, 0.2) is 11.5 Å². The van der Waals surface area contributed by atoms with Crippen LogP contribution >= 0.6 is 0 Å². The van der Waals surface area contributed by atoms with Crippen molar-refractivity contribution >= 4 is 5.78 Å². The number of carbonyl (C=O) groups excluding carboxylic acids is 1. The number of aliphatic hydroxyl groups excluding tert-OH is 4. The second-order valence-corrected chi connectivity index (χ2v) is 7.93. The van der Waals surface area contributed by atoms with Gasteiger partial charge in [-0.3, -0.25) is 4.79 Å². The summed E-state index contributed by atoms with van der Waals surface area (Å²) in [6.07, 6.45) is -7.06. The van der Waals surface area contributed by atoms with E-state index in [1.165, 1.54) is 25.3 Å². The van der Waals surface area contributed by atoms with E-state index >= 15 is 0 Å². The predicted molar refractivity (Wildman–Crippen MR) is 107 cm³/mol. The fourth-order valence-corrected chi connectivity index (χ4v) is 4.63. The monoisotopic (exact) mass is 432 g/mol. The van der Waals surface area contributed by atoms with Crippen LogP contribution in [0.4, 0.5) is 0 Å². The highest BCUT2D eigenvalue weighted by Crippen LogP contribution is 2.49. The fourth-order valence-electron chi connectivity index (χ4n) is 4.63. The Hall–Kier alpha value is -2.69. The van der Waals surface area contributed by atoms with Crippen molar-refractivity contribution in [3.63, 3.8) is 0 Å². The van der Waals surface area contributed by atoms with Crippen LogP contribution in [0.1, 0.15) is 38.5 Å². The van der Waals surface area contributed by atoms with E-state index in [2.05, 4.69) is 0 Å². The van der Waals surface area contributed by atoms with Gasteiger partial charge in [0.05, 0.1) is 30.9 Å². The van der Waals surface area contributed by atoms with Crippen LogP contribution < -0.4 is 4.74 Å². The lowest BCUT2D eigenvalue weighted by molar-refractivity contribution is -0.232. The molecule has 4 rings (SSSR count). The zero-order valence-electron chi connectivity index (χ0n) is 16.9. The minimum absolute atomic E-state index is 0.00360. The number of ether oxygens (including phenoxy) is 2. The molecule has 6 N–H and O–H groups in total. The maximum atomic E-state index is 13.3. The van der Waals surface area contributed by atoms with Crippen LogP contribution in [0.25, 0.3) is 0 Å². The van der Waals surface area contributed by atoms with Gasteiger partial charge in [-0.2, -0.15) is 0 Å². The Bertz CT molecular complexity index is 1030. The Morgan fingerprint density at radius 2 is 1.68 bits per heavy atom. The Morgan fingerprint density at radius 3 is 2.32 bits per heavy atom. The van der Waals surface area contributed by atoms with Crippen LogP contribution in [0.3, 0.4) is 0 Å². The van der Waals surface area contributed by atoms with E-state index in [1.807, 2.05) is 0 Å². The Kier molecular flexibility index (Phi) is 5.40. The first-order valence-corrected chi connectivity index (χ1v) is 9.79. The second-order valence-electron chi connectivity index (χ2n) is 7.93. The third kappa shape index (κ3) is 3.17. The van der Waals surface area contributed by atoms with Gasteiger partial charge in [0.25, 0.3) is 0 Å². The van der Waals surface area contributed by atoms with Crippen molar-refractivity contribution in [1.82, 2.24) is 0 Å². The van der Waals surface area contributed by atoms with Crippen LogP contribution in [0.5, 0.6) is 17.2 Å². The summed E-state index contributed by atoms with van der Waals surface area (Å²) >= 11 is 0. The second kappa shape index (κ2) is 7.77. The first-order valence-electron chi connectivity index (χ1n) is 9.79. The lowest BCUT2D eigenvalue weighted by atomic mass is 9.71. The Morgan fingerprint density at radius 1 is 0.968 bits per heavy atom. The average molecular weight is 432 g/mol. The maximum Gasteiger partial charge on any atom is 0.201 e. The minimum atomic E-state index is -1.61. The number of methoxy groups -OCH3 is 1. The summed E-state index contributed by atoms with van der Waals surface area (Å²) in [5, 5.41) is 61.7. The molecule has 1 saturated heterocycles. The summed E-state index contributed by atoms with van der Waals surface area (Å²) in [7, 11) is 1.29. The third-order valence-corrected chi connectivity index (χ3v) is 6.05. The zero-order valence-corrected chi connectivity index (χ0v) is 16.9. The van der Waals surface area contributed by atoms with Crippen LogP contribution in [-0.2, 0) is 4.74 Å². The molecule has 2 aromatic carbocycles. The summed E-state index contributed by atoms with van der Waals surface area (Å²) in [5.41, 5.74) is 1.31. The molecule has 2 aromatic rings. The molecule has 6 unspecified atom stereocenters. The Balaban J connectivity index is 1.99. The number of phenolic OH excluding ortho intramolecular Hbond substituents is 2. The molecule has 0 amide bonds. The van der Waals surface area contributed by atoms with Gasteiger partial charge in [-0.25, -0.2) is 0 Å². The molecule has 0 radical (unpaired) electrons. The van der Waals surface area contributed by atoms with Crippen molar-refractivity contribution in [2.75, 3.05) is 13.7 Å². The number of ketones is 1. The summed E-state index contributed by atoms with van der Waals surface area (Å²) in [4.78, 5) is 13.3. The molecule has 0 aromatic heterocycles. The largest absolute Gasteiger partial charge is 0.507 e. The van der Waals surface area contributed by atoms with Gasteiger partial charge in [0.2, 0.25) is 5.78 Å². The van der Waals surface area contributed by atoms with Crippen molar-refractivity contribution in [1.29, 1.82) is 0 Å². The van der Waals surface area contributed by atoms with Gasteiger partial charge in [0, 0.05) is 5.92 Å². The first kappa shape index (κ1) is 21.5. The predicted octanol–water partition coefficient (Wildman–Crippen LogP) is -0.0665. The van der Waals surface area contributed by atoms with Gasteiger partial charge in [-0.15, -0.1) is 0 Å². The molecule has 9 heteroatoms. The minimum Gasteiger partial charge on any atom is -0.507 e. The number of benzene rings is 2.